The molecule has 27 heavy (non-hydrogen) atoms. The fourth-order valence-electron chi connectivity index (χ4n) is 2.41. The maximum absolute atomic E-state index is 12.5. The van der Waals surface area contributed by atoms with Crippen molar-refractivity contribution in [2.45, 2.75) is 30.3 Å². The molecule has 0 atom stereocenters. The number of halogens is 2. The molecule has 0 saturated heterocycles. The molecule has 9 heteroatoms. The molecule has 6 nitrogen and oxygen atoms in total. The van der Waals surface area contributed by atoms with Crippen molar-refractivity contribution in [2.75, 3.05) is 7.11 Å². The van der Waals surface area contributed by atoms with Gasteiger partial charge in [0.2, 0.25) is 10.0 Å². The summed E-state index contributed by atoms with van der Waals surface area (Å²) in [6.07, 6.45) is 1.58. The largest absolute Gasteiger partial charge is 0.497 e. The Balaban J connectivity index is 1.78. The Morgan fingerprint density at radius 2 is 1.81 bits per heavy atom. The number of carbonyl (C=O) groups is 1. The summed E-state index contributed by atoms with van der Waals surface area (Å²) in [7, 11) is -2.24. The maximum Gasteiger partial charge on any atom is 0.253 e. The SMILES string of the molecule is COc1ccc(CNC(=O)c2cc(S(=O)(=O)NC3CC3)c(Cl)cc2Cl)cc1. The highest BCUT2D eigenvalue weighted by molar-refractivity contribution is 7.89. The number of amides is 1. The van der Waals surface area contributed by atoms with Crippen LogP contribution in [0.25, 0.3) is 0 Å². The van der Waals surface area contributed by atoms with Crippen molar-refractivity contribution in [2.24, 2.45) is 0 Å². The summed E-state index contributed by atoms with van der Waals surface area (Å²) in [4.78, 5) is 12.4. The summed E-state index contributed by atoms with van der Waals surface area (Å²) in [5.41, 5.74) is 0.906. The molecule has 1 fully saturated rings. The van der Waals surface area contributed by atoms with Crippen molar-refractivity contribution in [1.29, 1.82) is 0 Å². The van der Waals surface area contributed by atoms with E-state index in [2.05, 4.69) is 10.0 Å². The zero-order valence-corrected chi connectivity index (χ0v) is 16.8. The number of nitrogens with one attached hydrogen (secondary N) is 2. The van der Waals surface area contributed by atoms with Gasteiger partial charge in [-0.05, 0) is 42.7 Å². The second-order valence-electron chi connectivity index (χ2n) is 6.19. The number of sulfonamides is 1. The van der Waals surface area contributed by atoms with Crippen LogP contribution < -0.4 is 14.8 Å². The first-order valence-corrected chi connectivity index (χ1v) is 10.5. The number of methoxy groups -OCH3 is 1. The molecule has 0 heterocycles. The van der Waals surface area contributed by atoms with Gasteiger partial charge in [-0.25, -0.2) is 13.1 Å². The predicted molar refractivity (Wildman–Crippen MR) is 104 cm³/mol. The summed E-state index contributed by atoms with van der Waals surface area (Å²) in [6.45, 7) is 0.254. The van der Waals surface area contributed by atoms with E-state index in [0.29, 0.717) is 5.75 Å². The molecule has 0 radical (unpaired) electrons. The number of hydrogen-bond acceptors (Lipinski definition) is 4. The smallest absolute Gasteiger partial charge is 0.253 e. The van der Waals surface area contributed by atoms with Gasteiger partial charge in [0, 0.05) is 12.6 Å². The van der Waals surface area contributed by atoms with Gasteiger partial charge in [0.25, 0.3) is 5.91 Å². The molecule has 2 aromatic carbocycles. The lowest BCUT2D eigenvalue weighted by Gasteiger charge is -2.12. The van der Waals surface area contributed by atoms with Crippen LogP contribution in [0.5, 0.6) is 5.75 Å². The van der Waals surface area contributed by atoms with E-state index in [-0.39, 0.29) is 33.1 Å². The van der Waals surface area contributed by atoms with Crippen LogP contribution in [0.1, 0.15) is 28.8 Å². The number of ether oxygens (including phenoxy) is 1. The Bertz CT molecular complexity index is 958. The first kappa shape index (κ1) is 19.9. The van der Waals surface area contributed by atoms with Gasteiger partial charge in [-0.15, -0.1) is 0 Å². The monoisotopic (exact) mass is 428 g/mol. The molecule has 0 aromatic heterocycles. The second-order valence-corrected chi connectivity index (χ2v) is 8.69. The Kier molecular flexibility index (Phi) is 5.95. The maximum atomic E-state index is 12.5. The van der Waals surface area contributed by atoms with Crippen molar-refractivity contribution in [3.63, 3.8) is 0 Å². The van der Waals surface area contributed by atoms with E-state index in [4.69, 9.17) is 27.9 Å². The van der Waals surface area contributed by atoms with Crippen LogP contribution in [-0.4, -0.2) is 27.5 Å². The molecule has 0 aliphatic heterocycles. The Morgan fingerprint density at radius 1 is 1.15 bits per heavy atom. The van der Waals surface area contributed by atoms with Crippen LogP contribution >= 0.6 is 23.2 Å². The standard InChI is InChI=1S/C18H18Cl2N2O4S/c1-26-13-6-2-11(3-7-13)10-21-18(23)14-8-17(16(20)9-15(14)19)27(24,25)22-12-4-5-12/h2-3,6-9,12,22H,4-5,10H2,1H3,(H,21,23). The zero-order valence-electron chi connectivity index (χ0n) is 14.5. The van der Waals surface area contributed by atoms with Crippen molar-refractivity contribution in [1.82, 2.24) is 10.0 Å². The van der Waals surface area contributed by atoms with Gasteiger partial charge < -0.3 is 10.1 Å². The van der Waals surface area contributed by atoms with E-state index in [1.807, 2.05) is 12.1 Å². The lowest BCUT2D eigenvalue weighted by atomic mass is 10.2. The van der Waals surface area contributed by atoms with Crippen LogP contribution in [-0.2, 0) is 16.6 Å². The minimum absolute atomic E-state index is 0.0279. The fourth-order valence-corrected chi connectivity index (χ4v) is 4.58. The van der Waals surface area contributed by atoms with E-state index in [1.54, 1.807) is 19.2 Å². The van der Waals surface area contributed by atoms with Gasteiger partial charge in [-0.2, -0.15) is 0 Å². The van der Waals surface area contributed by atoms with Crippen molar-refractivity contribution >= 4 is 39.1 Å². The van der Waals surface area contributed by atoms with Crippen LogP contribution in [0.15, 0.2) is 41.3 Å². The molecule has 1 amide bonds. The average Bonchev–Trinajstić information content (AvgIpc) is 3.43. The molecular weight excluding hydrogens is 411 g/mol. The number of rotatable bonds is 7. The summed E-state index contributed by atoms with van der Waals surface area (Å²) in [6, 6.07) is 9.60. The van der Waals surface area contributed by atoms with Gasteiger partial charge in [0.1, 0.15) is 10.6 Å². The molecule has 2 aromatic rings. The molecular formula is C18H18Cl2N2O4S. The van der Waals surface area contributed by atoms with E-state index >= 15 is 0 Å². The van der Waals surface area contributed by atoms with Gasteiger partial charge in [0.15, 0.2) is 0 Å². The second kappa shape index (κ2) is 8.06. The van der Waals surface area contributed by atoms with E-state index in [9.17, 15) is 13.2 Å². The zero-order chi connectivity index (χ0) is 19.6. The van der Waals surface area contributed by atoms with Crippen LogP contribution in [0.3, 0.4) is 0 Å². The first-order chi connectivity index (χ1) is 12.8. The summed E-state index contributed by atoms with van der Waals surface area (Å²) in [5, 5.41) is 2.78. The van der Waals surface area contributed by atoms with Crippen LogP contribution in [0.4, 0.5) is 0 Å². The van der Waals surface area contributed by atoms with Crippen LogP contribution in [0.2, 0.25) is 10.0 Å². The lowest BCUT2D eigenvalue weighted by Crippen LogP contribution is -2.27. The third-order valence-electron chi connectivity index (χ3n) is 4.07. The third kappa shape index (κ3) is 4.93. The molecule has 3 rings (SSSR count). The Morgan fingerprint density at radius 3 is 2.41 bits per heavy atom. The molecule has 1 aliphatic carbocycles. The number of carbonyl (C=O) groups excluding carboxylic acids is 1. The summed E-state index contributed by atoms with van der Waals surface area (Å²) < 4.78 is 32.5. The van der Waals surface area contributed by atoms with Gasteiger partial charge >= 0.3 is 0 Å². The first-order valence-electron chi connectivity index (χ1n) is 8.22. The van der Waals surface area contributed by atoms with Crippen molar-refractivity contribution in [3.05, 3.63) is 57.6 Å². The Hall–Kier alpha value is -1.80. The third-order valence-corrected chi connectivity index (χ3v) is 6.36. The topological polar surface area (TPSA) is 84.5 Å². The number of hydrogen-bond donors (Lipinski definition) is 2. The molecule has 1 aliphatic rings. The van der Waals surface area contributed by atoms with E-state index in [0.717, 1.165) is 18.4 Å². The van der Waals surface area contributed by atoms with E-state index < -0.39 is 15.9 Å². The highest BCUT2D eigenvalue weighted by Gasteiger charge is 2.30. The number of benzene rings is 2. The highest BCUT2D eigenvalue weighted by atomic mass is 35.5. The summed E-state index contributed by atoms with van der Waals surface area (Å²) in [5.74, 6) is 0.221. The molecule has 0 spiro atoms. The predicted octanol–water partition coefficient (Wildman–Crippen LogP) is 3.37. The molecule has 2 N–H and O–H groups in total. The normalized spacial score (nSPS) is 14.0. The molecule has 144 valence electrons. The van der Waals surface area contributed by atoms with Crippen molar-refractivity contribution < 1.29 is 17.9 Å². The highest BCUT2D eigenvalue weighted by Crippen LogP contribution is 2.30. The summed E-state index contributed by atoms with van der Waals surface area (Å²) >= 11 is 12.2. The lowest BCUT2D eigenvalue weighted by molar-refractivity contribution is 0.0951. The van der Waals surface area contributed by atoms with Gasteiger partial charge in [-0.3, -0.25) is 4.79 Å². The van der Waals surface area contributed by atoms with Crippen LogP contribution in [0, 0.1) is 0 Å². The molecule has 1 saturated carbocycles. The Labute approximate surface area is 167 Å². The minimum atomic E-state index is -3.81. The van der Waals surface area contributed by atoms with E-state index in [1.165, 1.54) is 12.1 Å². The fraction of sp³-hybridized carbons (Fsp3) is 0.278. The molecule has 0 bridgehead atoms. The van der Waals surface area contributed by atoms with Gasteiger partial charge in [-0.1, -0.05) is 35.3 Å². The quantitative estimate of drug-likeness (QED) is 0.707. The average molecular weight is 429 g/mol. The van der Waals surface area contributed by atoms with Crippen molar-refractivity contribution in [3.8, 4) is 5.75 Å². The minimum Gasteiger partial charge on any atom is -0.497 e. The molecule has 0 unspecified atom stereocenters. The van der Waals surface area contributed by atoms with Gasteiger partial charge in [0.05, 0.1) is 22.7 Å².